The number of aromatic nitrogens is 1. The molecule has 0 aromatic carbocycles. The molecule has 0 aliphatic heterocycles. The summed E-state index contributed by atoms with van der Waals surface area (Å²) in [4.78, 5) is 11.4. The third kappa shape index (κ3) is 3.21. The fourth-order valence-electron chi connectivity index (χ4n) is 0.964. The first-order valence-electron chi connectivity index (χ1n) is 4.00. The van der Waals surface area contributed by atoms with E-state index in [0.29, 0.717) is 0 Å². The first kappa shape index (κ1) is 14.0. The summed E-state index contributed by atoms with van der Waals surface area (Å²) in [7, 11) is 0. The lowest BCUT2D eigenvalue weighted by molar-refractivity contribution is -0.387. The molecule has 11 heteroatoms. The predicted molar refractivity (Wildman–Crippen MR) is 42.5 cm³/mol. The molecule has 0 amide bonds. The fraction of sp³-hybridized carbons (Fsp3) is 0.286. The van der Waals surface area contributed by atoms with Crippen LogP contribution in [0.25, 0.3) is 0 Å². The Morgan fingerprint density at radius 2 is 1.94 bits per heavy atom. The third-order valence-electron chi connectivity index (χ3n) is 1.57. The van der Waals surface area contributed by atoms with Crippen LogP contribution in [-0.2, 0) is 0 Å². The minimum atomic E-state index is -5.36. The summed E-state index contributed by atoms with van der Waals surface area (Å²) in [5.41, 5.74) is -3.04. The first-order valence-corrected chi connectivity index (χ1v) is 4.00. The highest BCUT2D eigenvalue weighted by Gasteiger charge is 2.35. The second-order valence-electron chi connectivity index (χ2n) is 2.79. The summed E-state index contributed by atoms with van der Waals surface area (Å²) < 4.78 is 75.9. The van der Waals surface area contributed by atoms with Crippen molar-refractivity contribution in [3.63, 3.8) is 0 Å². The monoisotopic (exact) mass is 276 g/mol. The van der Waals surface area contributed by atoms with E-state index in [1.807, 2.05) is 0 Å². The zero-order chi connectivity index (χ0) is 14.1. The highest BCUT2D eigenvalue weighted by molar-refractivity contribution is 5.39. The van der Waals surface area contributed by atoms with Gasteiger partial charge in [-0.3, -0.25) is 10.1 Å². The fourth-order valence-corrected chi connectivity index (χ4v) is 0.964. The number of rotatable bonds is 3. The van der Waals surface area contributed by atoms with Gasteiger partial charge < -0.3 is 4.74 Å². The van der Waals surface area contributed by atoms with E-state index in [0.717, 1.165) is 0 Å². The van der Waals surface area contributed by atoms with Crippen molar-refractivity contribution in [3.8, 4) is 5.88 Å². The van der Waals surface area contributed by atoms with Crippen LogP contribution in [0.5, 0.6) is 5.88 Å². The molecule has 0 aliphatic rings. The van der Waals surface area contributed by atoms with E-state index in [4.69, 9.17) is 0 Å². The first-order chi connectivity index (χ1) is 8.11. The number of hydrogen-bond donors (Lipinski definition) is 0. The maximum Gasteiger partial charge on any atom is 0.574 e. The largest absolute Gasteiger partial charge is 0.574 e. The van der Waals surface area contributed by atoms with Crippen molar-refractivity contribution in [1.82, 2.24) is 4.98 Å². The molecule has 0 unspecified atom stereocenters. The van der Waals surface area contributed by atoms with Gasteiger partial charge in [-0.15, -0.1) is 13.2 Å². The molecule has 0 spiro atoms. The lowest BCUT2D eigenvalue weighted by Gasteiger charge is -2.10. The van der Waals surface area contributed by atoms with Crippen LogP contribution >= 0.6 is 0 Å². The molecule has 0 radical (unpaired) electrons. The maximum atomic E-state index is 12.9. The molecule has 0 fully saturated rings. The van der Waals surface area contributed by atoms with Gasteiger partial charge in [0.25, 0.3) is 18.0 Å². The molecule has 1 aromatic heterocycles. The summed E-state index contributed by atoms with van der Waals surface area (Å²) in [6, 6.07) is -0.116. The Morgan fingerprint density at radius 3 is 2.33 bits per heavy atom. The summed E-state index contributed by atoms with van der Waals surface area (Å²) in [6.45, 7) is 0. The maximum absolute atomic E-state index is 12.9. The van der Waals surface area contributed by atoms with Crippen LogP contribution in [0, 0.1) is 15.9 Å². The van der Waals surface area contributed by atoms with Crippen molar-refractivity contribution < 1.29 is 36.0 Å². The van der Waals surface area contributed by atoms with Crippen molar-refractivity contribution in [3.05, 3.63) is 27.7 Å². The SMILES string of the molecule is O=[N+]([O-])c1cc(F)c(OC(F)(F)F)nc1C(F)F. The van der Waals surface area contributed by atoms with Gasteiger partial charge in [0.15, 0.2) is 11.5 Å². The van der Waals surface area contributed by atoms with Crippen LogP contribution in [0.15, 0.2) is 6.07 Å². The molecule has 0 N–H and O–H groups in total. The molecule has 18 heavy (non-hydrogen) atoms. The zero-order valence-electron chi connectivity index (χ0n) is 8.04. The summed E-state index contributed by atoms with van der Waals surface area (Å²) in [5.74, 6) is -3.67. The highest BCUT2D eigenvalue weighted by Crippen LogP contribution is 2.32. The molecular formula is C7H2F6N2O3. The van der Waals surface area contributed by atoms with E-state index < -0.39 is 40.8 Å². The van der Waals surface area contributed by atoms with E-state index >= 15 is 0 Å². The average molecular weight is 276 g/mol. The number of pyridine rings is 1. The Labute approximate surface area is 94.1 Å². The molecule has 0 saturated carbocycles. The van der Waals surface area contributed by atoms with E-state index in [-0.39, 0.29) is 6.07 Å². The molecule has 0 aliphatic carbocycles. The van der Waals surface area contributed by atoms with Gasteiger partial charge in [-0.1, -0.05) is 0 Å². The lowest BCUT2D eigenvalue weighted by Crippen LogP contribution is -2.19. The second kappa shape index (κ2) is 4.66. The van der Waals surface area contributed by atoms with Crippen molar-refractivity contribution in [2.24, 2.45) is 0 Å². The zero-order valence-corrected chi connectivity index (χ0v) is 8.04. The molecule has 100 valence electrons. The smallest absolute Gasteiger partial charge is 0.385 e. The van der Waals surface area contributed by atoms with Gasteiger partial charge in [-0.05, 0) is 0 Å². The minimum absolute atomic E-state index is 0.116. The van der Waals surface area contributed by atoms with Crippen molar-refractivity contribution in [2.45, 2.75) is 12.8 Å². The average Bonchev–Trinajstić information content (AvgIpc) is 2.17. The molecule has 1 heterocycles. The standard InChI is InChI=1S/C7H2F6N2O3/c8-2-1-3(15(16)17)4(5(9)10)14-6(2)18-7(11,12)13/h1,5H. The normalized spacial score (nSPS) is 11.7. The van der Waals surface area contributed by atoms with E-state index in [1.54, 1.807) is 0 Å². The highest BCUT2D eigenvalue weighted by atomic mass is 19.4. The Kier molecular flexibility index (Phi) is 3.62. The number of nitrogens with zero attached hydrogens (tertiary/aromatic N) is 2. The van der Waals surface area contributed by atoms with Gasteiger partial charge in [-0.2, -0.15) is 0 Å². The number of halogens is 6. The van der Waals surface area contributed by atoms with Gasteiger partial charge in [0.1, 0.15) is 0 Å². The van der Waals surface area contributed by atoms with E-state index in [9.17, 15) is 36.5 Å². The van der Waals surface area contributed by atoms with Gasteiger partial charge >= 0.3 is 6.36 Å². The quantitative estimate of drug-likeness (QED) is 0.483. The molecule has 5 nitrogen and oxygen atoms in total. The van der Waals surface area contributed by atoms with Crippen molar-refractivity contribution in [1.29, 1.82) is 0 Å². The van der Waals surface area contributed by atoms with Gasteiger partial charge in [0.05, 0.1) is 11.0 Å². The van der Waals surface area contributed by atoms with Crippen molar-refractivity contribution in [2.75, 3.05) is 0 Å². The Balaban J connectivity index is 3.32. The number of ether oxygens (including phenoxy) is 1. The molecular weight excluding hydrogens is 274 g/mol. The molecule has 0 bridgehead atoms. The van der Waals surface area contributed by atoms with Gasteiger partial charge in [-0.25, -0.2) is 18.2 Å². The van der Waals surface area contributed by atoms with Crippen LogP contribution in [0.3, 0.4) is 0 Å². The topological polar surface area (TPSA) is 65.3 Å². The van der Waals surface area contributed by atoms with Crippen LogP contribution in [-0.4, -0.2) is 16.3 Å². The summed E-state index contributed by atoms with van der Waals surface area (Å²) in [6.07, 6.45) is -8.91. The Hall–Kier alpha value is -2.07. The summed E-state index contributed by atoms with van der Waals surface area (Å²) in [5, 5.41) is 10.3. The molecule has 0 atom stereocenters. The lowest BCUT2D eigenvalue weighted by atomic mass is 10.3. The molecule has 0 saturated heterocycles. The van der Waals surface area contributed by atoms with Crippen LogP contribution in [0.1, 0.15) is 12.1 Å². The number of nitro groups is 1. The van der Waals surface area contributed by atoms with E-state index in [2.05, 4.69) is 9.72 Å². The van der Waals surface area contributed by atoms with Gasteiger partial charge in [0.2, 0.25) is 0 Å². The minimum Gasteiger partial charge on any atom is -0.385 e. The van der Waals surface area contributed by atoms with Crippen LogP contribution in [0.2, 0.25) is 0 Å². The molecule has 1 aromatic rings. The predicted octanol–water partition coefficient (Wildman–Crippen LogP) is 2.97. The van der Waals surface area contributed by atoms with Gasteiger partial charge in [0, 0.05) is 0 Å². The molecule has 1 rings (SSSR count). The van der Waals surface area contributed by atoms with Crippen LogP contribution < -0.4 is 4.74 Å². The van der Waals surface area contributed by atoms with Crippen LogP contribution in [0.4, 0.5) is 32.0 Å². The Bertz CT molecular complexity index is 475. The number of alkyl halides is 5. The number of hydrogen-bond acceptors (Lipinski definition) is 4. The Morgan fingerprint density at radius 1 is 1.39 bits per heavy atom. The van der Waals surface area contributed by atoms with Crippen molar-refractivity contribution >= 4 is 5.69 Å². The van der Waals surface area contributed by atoms with E-state index in [1.165, 1.54) is 0 Å². The summed E-state index contributed by atoms with van der Waals surface area (Å²) >= 11 is 0. The third-order valence-corrected chi connectivity index (χ3v) is 1.57. The second-order valence-corrected chi connectivity index (χ2v) is 2.79.